The van der Waals surface area contributed by atoms with Crippen LogP contribution in [0.15, 0.2) is 23.1 Å². The average Bonchev–Trinajstić information content (AvgIpc) is 3.11. The van der Waals surface area contributed by atoms with Crippen LogP contribution in [0, 0.1) is 13.8 Å². The second-order valence-electron chi connectivity index (χ2n) is 6.62. The van der Waals surface area contributed by atoms with E-state index in [-0.39, 0.29) is 11.9 Å². The predicted molar refractivity (Wildman–Crippen MR) is 92.3 cm³/mol. The molecular formula is C17H25N3O3S. The number of nitrogens with one attached hydrogen (secondary N) is 1. The van der Waals surface area contributed by atoms with Crippen molar-refractivity contribution in [3.05, 3.63) is 29.3 Å². The summed E-state index contributed by atoms with van der Waals surface area (Å²) in [6.07, 6.45) is 1.90. The van der Waals surface area contributed by atoms with Gasteiger partial charge in [0.25, 0.3) is 0 Å². The summed E-state index contributed by atoms with van der Waals surface area (Å²) in [6, 6.07) is 5.14. The van der Waals surface area contributed by atoms with Gasteiger partial charge in [-0.1, -0.05) is 6.07 Å². The van der Waals surface area contributed by atoms with Crippen LogP contribution in [0.25, 0.3) is 0 Å². The monoisotopic (exact) mass is 351 g/mol. The average molecular weight is 351 g/mol. The van der Waals surface area contributed by atoms with E-state index in [0.29, 0.717) is 31.1 Å². The van der Waals surface area contributed by atoms with Crippen molar-refractivity contribution in [2.24, 2.45) is 0 Å². The molecule has 0 radical (unpaired) electrons. The Morgan fingerprint density at radius 3 is 2.42 bits per heavy atom. The Labute approximate surface area is 143 Å². The van der Waals surface area contributed by atoms with Crippen molar-refractivity contribution in [1.82, 2.24) is 14.5 Å². The second kappa shape index (κ2) is 6.82. The van der Waals surface area contributed by atoms with Crippen LogP contribution < -0.4 is 5.32 Å². The molecule has 6 nitrogen and oxygen atoms in total. The third kappa shape index (κ3) is 3.34. The highest BCUT2D eigenvalue weighted by atomic mass is 32.2. The van der Waals surface area contributed by atoms with Crippen LogP contribution in [0.3, 0.4) is 0 Å². The number of benzene rings is 1. The molecule has 0 saturated carbocycles. The highest BCUT2D eigenvalue weighted by Gasteiger charge is 2.33. The van der Waals surface area contributed by atoms with Gasteiger partial charge in [-0.2, -0.15) is 4.31 Å². The first-order valence-corrected chi connectivity index (χ1v) is 9.93. The Morgan fingerprint density at radius 2 is 1.83 bits per heavy atom. The lowest BCUT2D eigenvalue weighted by Crippen LogP contribution is -2.54. The van der Waals surface area contributed by atoms with Crippen molar-refractivity contribution in [1.29, 1.82) is 0 Å². The Morgan fingerprint density at radius 1 is 1.12 bits per heavy atom. The Balaban J connectivity index is 1.67. The zero-order valence-corrected chi connectivity index (χ0v) is 15.1. The van der Waals surface area contributed by atoms with E-state index < -0.39 is 10.0 Å². The van der Waals surface area contributed by atoms with Crippen molar-refractivity contribution in [3.63, 3.8) is 0 Å². The standard InChI is InChI=1S/C17H25N3O3S/c1-13-5-6-15(12-14(13)2)24(22,23)20-10-8-19(9-11-20)17(21)16-4-3-7-18-16/h5-6,12,16,18H,3-4,7-11H2,1-2H3. The molecule has 0 aromatic heterocycles. The smallest absolute Gasteiger partial charge is 0.243 e. The van der Waals surface area contributed by atoms with Crippen molar-refractivity contribution >= 4 is 15.9 Å². The van der Waals surface area contributed by atoms with E-state index in [2.05, 4.69) is 5.32 Å². The number of hydrogen-bond acceptors (Lipinski definition) is 4. The number of aryl methyl sites for hydroxylation is 2. The fourth-order valence-corrected chi connectivity index (χ4v) is 4.80. The maximum absolute atomic E-state index is 12.8. The van der Waals surface area contributed by atoms with Gasteiger partial charge in [-0.3, -0.25) is 4.79 Å². The molecule has 2 saturated heterocycles. The first kappa shape index (κ1) is 17.4. The molecule has 132 valence electrons. The van der Waals surface area contributed by atoms with Crippen LogP contribution in [0.5, 0.6) is 0 Å². The molecule has 1 aromatic rings. The first-order valence-electron chi connectivity index (χ1n) is 8.49. The molecule has 1 N–H and O–H groups in total. The highest BCUT2D eigenvalue weighted by Crippen LogP contribution is 2.21. The summed E-state index contributed by atoms with van der Waals surface area (Å²) in [6.45, 7) is 6.40. The molecular weight excluding hydrogens is 326 g/mol. The van der Waals surface area contributed by atoms with Gasteiger partial charge in [0.1, 0.15) is 0 Å². The normalized spacial score (nSPS) is 22.8. The lowest BCUT2D eigenvalue weighted by Gasteiger charge is -2.35. The summed E-state index contributed by atoms with van der Waals surface area (Å²) >= 11 is 0. The molecule has 2 aliphatic rings. The maximum atomic E-state index is 12.8. The summed E-state index contributed by atoms with van der Waals surface area (Å²) in [4.78, 5) is 14.5. The van der Waals surface area contributed by atoms with E-state index in [4.69, 9.17) is 0 Å². The molecule has 0 aliphatic carbocycles. The van der Waals surface area contributed by atoms with Crippen LogP contribution in [-0.2, 0) is 14.8 Å². The maximum Gasteiger partial charge on any atom is 0.243 e. The number of piperazine rings is 1. The summed E-state index contributed by atoms with van der Waals surface area (Å²) < 4.78 is 27.1. The molecule has 1 aromatic carbocycles. The lowest BCUT2D eigenvalue weighted by molar-refractivity contribution is -0.134. The van der Waals surface area contributed by atoms with Crippen LogP contribution >= 0.6 is 0 Å². The number of carbonyl (C=O) groups is 1. The Bertz CT molecular complexity index is 719. The fourth-order valence-electron chi connectivity index (χ4n) is 3.29. The summed E-state index contributed by atoms with van der Waals surface area (Å²) in [5, 5.41) is 3.21. The number of amides is 1. The van der Waals surface area contributed by atoms with Crippen LogP contribution in [0.4, 0.5) is 0 Å². The number of nitrogens with zero attached hydrogens (tertiary/aromatic N) is 2. The molecule has 3 rings (SSSR count). The topological polar surface area (TPSA) is 69.7 Å². The minimum Gasteiger partial charge on any atom is -0.339 e. The van der Waals surface area contributed by atoms with Gasteiger partial charge in [-0.05, 0) is 56.5 Å². The van der Waals surface area contributed by atoms with E-state index in [1.54, 1.807) is 17.0 Å². The largest absolute Gasteiger partial charge is 0.339 e. The summed E-state index contributed by atoms with van der Waals surface area (Å²) in [5.74, 6) is 0.107. The molecule has 1 atom stereocenters. The van der Waals surface area contributed by atoms with Gasteiger partial charge in [0.15, 0.2) is 0 Å². The van der Waals surface area contributed by atoms with Crippen LogP contribution in [-0.4, -0.2) is 62.3 Å². The van der Waals surface area contributed by atoms with E-state index >= 15 is 0 Å². The highest BCUT2D eigenvalue weighted by molar-refractivity contribution is 7.89. The third-order valence-corrected chi connectivity index (χ3v) is 6.92. The van der Waals surface area contributed by atoms with Gasteiger partial charge in [0.05, 0.1) is 10.9 Å². The fraction of sp³-hybridized carbons (Fsp3) is 0.588. The van der Waals surface area contributed by atoms with E-state index in [1.807, 2.05) is 19.9 Å². The zero-order valence-electron chi connectivity index (χ0n) is 14.3. The van der Waals surface area contributed by atoms with E-state index in [9.17, 15) is 13.2 Å². The first-order chi connectivity index (χ1) is 11.4. The number of rotatable bonds is 3. The van der Waals surface area contributed by atoms with Crippen molar-refractivity contribution in [2.75, 3.05) is 32.7 Å². The van der Waals surface area contributed by atoms with Gasteiger partial charge in [0, 0.05) is 26.2 Å². The van der Waals surface area contributed by atoms with E-state index in [1.165, 1.54) is 4.31 Å². The Kier molecular flexibility index (Phi) is 4.94. The molecule has 1 unspecified atom stereocenters. The minimum atomic E-state index is -3.49. The van der Waals surface area contributed by atoms with Crippen LogP contribution in [0.1, 0.15) is 24.0 Å². The molecule has 2 fully saturated rings. The molecule has 2 aliphatic heterocycles. The third-order valence-electron chi connectivity index (χ3n) is 5.02. The second-order valence-corrected chi connectivity index (χ2v) is 8.56. The van der Waals surface area contributed by atoms with Gasteiger partial charge in [0.2, 0.25) is 15.9 Å². The lowest BCUT2D eigenvalue weighted by atomic mass is 10.1. The van der Waals surface area contributed by atoms with Crippen molar-refractivity contribution < 1.29 is 13.2 Å². The molecule has 0 spiro atoms. The number of hydrogen-bond donors (Lipinski definition) is 1. The SMILES string of the molecule is Cc1ccc(S(=O)(=O)N2CCN(C(=O)C3CCCN3)CC2)cc1C. The van der Waals surface area contributed by atoms with Crippen LogP contribution in [0.2, 0.25) is 0 Å². The predicted octanol–water partition coefficient (Wildman–Crippen LogP) is 0.888. The van der Waals surface area contributed by atoms with E-state index in [0.717, 1.165) is 30.5 Å². The van der Waals surface area contributed by atoms with Gasteiger partial charge in [-0.25, -0.2) is 8.42 Å². The molecule has 7 heteroatoms. The molecule has 1 amide bonds. The van der Waals surface area contributed by atoms with Crippen molar-refractivity contribution in [3.8, 4) is 0 Å². The van der Waals surface area contributed by atoms with Gasteiger partial charge in [-0.15, -0.1) is 0 Å². The summed E-state index contributed by atoms with van der Waals surface area (Å²) in [7, 11) is -3.49. The molecule has 24 heavy (non-hydrogen) atoms. The quantitative estimate of drug-likeness (QED) is 0.878. The molecule has 0 bridgehead atoms. The number of sulfonamides is 1. The Hall–Kier alpha value is -1.44. The molecule has 2 heterocycles. The van der Waals surface area contributed by atoms with Crippen molar-refractivity contribution in [2.45, 2.75) is 37.6 Å². The van der Waals surface area contributed by atoms with Gasteiger partial charge < -0.3 is 10.2 Å². The number of carbonyl (C=O) groups excluding carboxylic acids is 1. The zero-order chi connectivity index (χ0) is 17.3. The van der Waals surface area contributed by atoms with Gasteiger partial charge >= 0.3 is 0 Å². The minimum absolute atomic E-state index is 0.0899. The summed E-state index contributed by atoms with van der Waals surface area (Å²) in [5.41, 5.74) is 2.05.